The molecule has 0 radical (unpaired) electrons. The molecule has 0 aliphatic heterocycles. The number of hydrogen-bond donors (Lipinski definition) is 2. The zero-order valence-electron chi connectivity index (χ0n) is 13.1. The molecule has 116 valence electrons. The van der Waals surface area contributed by atoms with Crippen molar-refractivity contribution in [2.75, 3.05) is 25.5 Å². The van der Waals surface area contributed by atoms with E-state index in [0.717, 1.165) is 30.0 Å². The van der Waals surface area contributed by atoms with Crippen molar-refractivity contribution in [2.45, 2.75) is 13.3 Å². The first-order valence-corrected chi connectivity index (χ1v) is 7.51. The SMILES string of the molecule is CCOc1cccc(NC(=O)c2ccccc2CCNC)c1. The highest BCUT2D eigenvalue weighted by Crippen LogP contribution is 2.19. The summed E-state index contributed by atoms with van der Waals surface area (Å²) in [5.74, 6) is 0.657. The summed E-state index contributed by atoms with van der Waals surface area (Å²) in [7, 11) is 1.90. The van der Waals surface area contributed by atoms with E-state index >= 15 is 0 Å². The summed E-state index contributed by atoms with van der Waals surface area (Å²) in [5.41, 5.74) is 2.48. The van der Waals surface area contributed by atoms with Gasteiger partial charge in [0.25, 0.3) is 5.91 Å². The second-order valence-electron chi connectivity index (χ2n) is 4.93. The fraction of sp³-hybridized carbons (Fsp3) is 0.278. The lowest BCUT2D eigenvalue weighted by Crippen LogP contribution is -2.17. The second kappa shape index (κ2) is 8.20. The molecule has 2 rings (SSSR count). The van der Waals surface area contributed by atoms with Crippen molar-refractivity contribution in [3.63, 3.8) is 0 Å². The van der Waals surface area contributed by atoms with Gasteiger partial charge in [0, 0.05) is 17.3 Å². The molecule has 0 fully saturated rings. The van der Waals surface area contributed by atoms with Gasteiger partial charge in [-0.2, -0.15) is 0 Å². The van der Waals surface area contributed by atoms with E-state index in [9.17, 15) is 4.79 Å². The van der Waals surface area contributed by atoms with Crippen LogP contribution in [0.1, 0.15) is 22.8 Å². The van der Waals surface area contributed by atoms with Crippen molar-refractivity contribution in [1.82, 2.24) is 5.32 Å². The van der Waals surface area contributed by atoms with Gasteiger partial charge >= 0.3 is 0 Å². The van der Waals surface area contributed by atoms with Gasteiger partial charge in [0.2, 0.25) is 0 Å². The topological polar surface area (TPSA) is 50.4 Å². The highest BCUT2D eigenvalue weighted by Gasteiger charge is 2.11. The molecular weight excluding hydrogens is 276 g/mol. The molecule has 2 aromatic carbocycles. The third-order valence-electron chi connectivity index (χ3n) is 3.31. The maximum absolute atomic E-state index is 12.5. The van der Waals surface area contributed by atoms with Crippen LogP contribution in [0.3, 0.4) is 0 Å². The van der Waals surface area contributed by atoms with Crippen molar-refractivity contribution < 1.29 is 9.53 Å². The molecule has 0 heterocycles. The number of ether oxygens (including phenoxy) is 1. The summed E-state index contributed by atoms with van der Waals surface area (Å²) in [6, 6.07) is 15.1. The molecule has 0 aromatic heterocycles. The molecule has 0 aliphatic rings. The number of hydrogen-bond acceptors (Lipinski definition) is 3. The van der Waals surface area contributed by atoms with Crippen LogP contribution in [-0.4, -0.2) is 26.1 Å². The number of nitrogens with one attached hydrogen (secondary N) is 2. The predicted octanol–water partition coefficient (Wildman–Crippen LogP) is 3.10. The molecule has 0 unspecified atom stereocenters. The molecule has 2 N–H and O–H groups in total. The number of carbonyl (C=O) groups is 1. The van der Waals surface area contributed by atoms with E-state index < -0.39 is 0 Å². The lowest BCUT2D eigenvalue weighted by molar-refractivity contribution is 0.102. The van der Waals surface area contributed by atoms with Crippen molar-refractivity contribution in [3.8, 4) is 5.75 Å². The molecule has 0 aliphatic carbocycles. The predicted molar refractivity (Wildman–Crippen MR) is 89.6 cm³/mol. The van der Waals surface area contributed by atoms with Gasteiger partial charge in [0.15, 0.2) is 0 Å². The second-order valence-corrected chi connectivity index (χ2v) is 4.93. The van der Waals surface area contributed by atoms with Crippen molar-refractivity contribution in [3.05, 3.63) is 59.7 Å². The van der Waals surface area contributed by atoms with Gasteiger partial charge in [0.05, 0.1) is 6.61 Å². The molecule has 0 atom stereocenters. The van der Waals surface area contributed by atoms with E-state index in [4.69, 9.17) is 4.74 Å². The summed E-state index contributed by atoms with van der Waals surface area (Å²) in [5, 5.41) is 6.04. The quantitative estimate of drug-likeness (QED) is 0.826. The number of likely N-dealkylation sites (N-methyl/N-ethyl adjacent to an activating group) is 1. The van der Waals surface area contributed by atoms with Gasteiger partial charge in [-0.15, -0.1) is 0 Å². The highest BCUT2D eigenvalue weighted by molar-refractivity contribution is 6.05. The molecule has 4 heteroatoms. The number of amides is 1. The van der Waals surface area contributed by atoms with Crippen LogP contribution < -0.4 is 15.4 Å². The van der Waals surface area contributed by atoms with E-state index in [1.807, 2.05) is 62.5 Å². The minimum absolute atomic E-state index is 0.0969. The molecule has 0 saturated heterocycles. The van der Waals surface area contributed by atoms with Crippen LogP contribution in [0.25, 0.3) is 0 Å². The first-order chi connectivity index (χ1) is 10.7. The van der Waals surface area contributed by atoms with Crippen molar-refractivity contribution in [2.24, 2.45) is 0 Å². The summed E-state index contributed by atoms with van der Waals surface area (Å²) in [4.78, 5) is 12.5. The van der Waals surface area contributed by atoms with Crippen LogP contribution in [0.2, 0.25) is 0 Å². The summed E-state index contributed by atoms with van der Waals surface area (Å²) < 4.78 is 5.45. The Labute approximate surface area is 131 Å². The highest BCUT2D eigenvalue weighted by atomic mass is 16.5. The van der Waals surface area contributed by atoms with Crippen LogP contribution in [0.5, 0.6) is 5.75 Å². The minimum atomic E-state index is -0.0969. The Morgan fingerprint density at radius 3 is 2.73 bits per heavy atom. The van der Waals surface area contributed by atoms with Gasteiger partial charge in [-0.25, -0.2) is 0 Å². The van der Waals surface area contributed by atoms with E-state index in [2.05, 4.69) is 10.6 Å². The Morgan fingerprint density at radius 2 is 1.95 bits per heavy atom. The average Bonchev–Trinajstić information content (AvgIpc) is 2.54. The Kier molecular flexibility index (Phi) is 5.98. The van der Waals surface area contributed by atoms with Crippen molar-refractivity contribution >= 4 is 11.6 Å². The maximum atomic E-state index is 12.5. The fourth-order valence-corrected chi connectivity index (χ4v) is 2.25. The van der Waals surface area contributed by atoms with Crippen LogP contribution in [-0.2, 0) is 6.42 Å². The Hall–Kier alpha value is -2.33. The fourth-order valence-electron chi connectivity index (χ4n) is 2.25. The number of rotatable bonds is 7. The lowest BCUT2D eigenvalue weighted by atomic mass is 10.0. The summed E-state index contributed by atoms with van der Waals surface area (Å²) in [6.45, 7) is 3.37. The Balaban J connectivity index is 2.13. The number of carbonyl (C=O) groups excluding carboxylic acids is 1. The first kappa shape index (κ1) is 16.0. The van der Waals surface area contributed by atoms with Crippen LogP contribution in [0.15, 0.2) is 48.5 Å². The minimum Gasteiger partial charge on any atom is -0.494 e. The largest absolute Gasteiger partial charge is 0.494 e. The molecule has 4 nitrogen and oxygen atoms in total. The van der Waals surface area contributed by atoms with Gasteiger partial charge in [-0.1, -0.05) is 24.3 Å². The van der Waals surface area contributed by atoms with Crippen LogP contribution in [0, 0.1) is 0 Å². The molecule has 22 heavy (non-hydrogen) atoms. The normalized spacial score (nSPS) is 10.3. The van der Waals surface area contributed by atoms with Gasteiger partial charge in [-0.05, 0) is 50.7 Å². The van der Waals surface area contributed by atoms with E-state index in [1.54, 1.807) is 0 Å². The smallest absolute Gasteiger partial charge is 0.255 e. The lowest BCUT2D eigenvalue weighted by Gasteiger charge is -2.11. The maximum Gasteiger partial charge on any atom is 0.255 e. The van der Waals surface area contributed by atoms with Gasteiger partial charge < -0.3 is 15.4 Å². The van der Waals surface area contributed by atoms with E-state index in [-0.39, 0.29) is 5.91 Å². The molecule has 2 aromatic rings. The van der Waals surface area contributed by atoms with Crippen LogP contribution >= 0.6 is 0 Å². The van der Waals surface area contributed by atoms with Crippen LogP contribution in [0.4, 0.5) is 5.69 Å². The third-order valence-corrected chi connectivity index (χ3v) is 3.31. The zero-order valence-corrected chi connectivity index (χ0v) is 13.1. The monoisotopic (exact) mass is 298 g/mol. The standard InChI is InChI=1S/C18H22N2O2/c1-3-22-16-9-6-8-15(13-16)20-18(21)17-10-5-4-7-14(17)11-12-19-2/h4-10,13,19H,3,11-12H2,1-2H3,(H,20,21). The molecule has 0 spiro atoms. The number of anilines is 1. The van der Waals surface area contributed by atoms with Gasteiger partial charge in [0.1, 0.15) is 5.75 Å². The third kappa shape index (κ3) is 4.33. The Morgan fingerprint density at radius 1 is 1.14 bits per heavy atom. The molecular formula is C18H22N2O2. The molecule has 1 amide bonds. The molecule has 0 saturated carbocycles. The molecule has 0 bridgehead atoms. The summed E-state index contributed by atoms with van der Waals surface area (Å²) in [6.07, 6.45) is 0.819. The van der Waals surface area contributed by atoms with E-state index in [1.165, 1.54) is 0 Å². The Bertz CT molecular complexity index is 626. The van der Waals surface area contributed by atoms with E-state index in [0.29, 0.717) is 12.2 Å². The number of benzene rings is 2. The van der Waals surface area contributed by atoms with Gasteiger partial charge in [-0.3, -0.25) is 4.79 Å². The summed E-state index contributed by atoms with van der Waals surface area (Å²) >= 11 is 0. The first-order valence-electron chi connectivity index (χ1n) is 7.51. The van der Waals surface area contributed by atoms with Crippen molar-refractivity contribution in [1.29, 1.82) is 0 Å². The zero-order chi connectivity index (χ0) is 15.8. The average molecular weight is 298 g/mol.